The van der Waals surface area contributed by atoms with Crippen molar-refractivity contribution in [3.63, 3.8) is 0 Å². The van der Waals surface area contributed by atoms with E-state index in [0.717, 1.165) is 23.0 Å². The van der Waals surface area contributed by atoms with Gasteiger partial charge in [-0.1, -0.05) is 39.5 Å². The number of nitro groups is 1. The van der Waals surface area contributed by atoms with Gasteiger partial charge in [-0.05, 0) is 54.2 Å². The molecule has 2 aromatic rings. The Morgan fingerprint density at radius 2 is 1.82 bits per heavy atom. The Morgan fingerprint density at radius 3 is 2.42 bits per heavy atom. The Kier molecular flexibility index (Phi) is 11.4. The Balaban J connectivity index is 1.58. The number of β-lactam (4-membered cyclic amide) rings is 1. The first kappa shape index (κ1) is 34.5. The van der Waals surface area contributed by atoms with Gasteiger partial charge in [0.25, 0.3) is 5.69 Å². The van der Waals surface area contributed by atoms with Crippen LogP contribution in [0.5, 0.6) is 0 Å². The summed E-state index contributed by atoms with van der Waals surface area (Å²) < 4.78 is 17.5. The van der Waals surface area contributed by atoms with E-state index in [1.165, 1.54) is 54.3 Å². The molecule has 1 saturated heterocycles. The molecular formula is C31H39N3O8S2Si. The lowest BCUT2D eigenvalue weighted by Gasteiger charge is -2.49. The number of nitro benzene ring substituents is 1. The zero-order valence-electron chi connectivity index (χ0n) is 26.3. The molecule has 14 heteroatoms. The molecule has 11 nitrogen and oxygen atoms in total. The Hall–Kier alpha value is -3.33. The molecule has 4 atom stereocenters. The molecule has 0 radical (unpaired) electrons. The number of rotatable bonds is 15. The van der Waals surface area contributed by atoms with Gasteiger partial charge in [-0.2, -0.15) is 0 Å². The predicted molar refractivity (Wildman–Crippen MR) is 175 cm³/mol. The van der Waals surface area contributed by atoms with Crippen LogP contribution >= 0.6 is 23.1 Å². The number of esters is 2. The topological polar surface area (TPSA) is 138 Å². The van der Waals surface area contributed by atoms with Crippen LogP contribution in [0.2, 0.25) is 18.1 Å². The number of fused-ring (bicyclic) bond motifs is 1. The molecule has 2 aliphatic rings. The molecule has 1 fully saturated rings. The van der Waals surface area contributed by atoms with Crippen molar-refractivity contribution in [1.29, 1.82) is 0 Å². The monoisotopic (exact) mass is 673 g/mol. The molecule has 45 heavy (non-hydrogen) atoms. The van der Waals surface area contributed by atoms with Crippen LogP contribution in [0, 0.1) is 22.0 Å². The van der Waals surface area contributed by atoms with Crippen molar-refractivity contribution in [2.24, 2.45) is 11.8 Å². The van der Waals surface area contributed by atoms with Crippen LogP contribution in [0.3, 0.4) is 0 Å². The molecule has 1 aromatic carbocycles. The molecule has 3 heterocycles. The average molecular weight is 674 g/mol. The SMILES string of the molecule is CC[Si](CC)(CC)O[C@H](C)[C@H]1C(=O)N2C(C(=O)OCc3ccc([N+](=O)[O-])cc3)=C(S/C=C\c3scnc3COC(C)=O)[C@H](C)[C@H]12. The van der Waals surface area contributed by atoms with Gasteiger partial charge in [-0.3, -0.25) is 19.7 Å². The summed E-state index contributed by atoms with van der Waals surface area (Å²) in [5.41, 5.74) is 3.05. The molecule has 2 aliphatic heterocycles. The molecule has 4 rings (SSSR count). The Bertz CT molecular complexity index is 1480. The van der Waals surface area contributed by atoms with Crippen LogP contribution in [0.25, 0.3) is 6.08 Å². The summed E-state index contributed by atoms with van der Waals surface area (Å²) in [4.78, 5) is 56.5. The molecule has 0 unspecified atom stereocenters. The summed E-state index contributed by atoms with van der Waals surface area (Å²) in [6.45, 7) is 11.7. The number of benzene rings is 1. The van der Waals surface area contributed by atoms with Gasteiger partial charge in [-0.25, -0.2) is 9.78 Å². The van der Waals surface area contributed by atoms with E-state index in [0.29, 0.717) is 16.2 Å². The number of hydrogen-bond donors (Lipinski definition) is 0. The zero-order chi connectivity index (χ0) is 32.9. The van der Waals surface area contributed by atoms with Crippen molar-refractivity contribution in [3.8, 4) is 0 Å². The van der Waals surface area contributed by atoms with E-state index in [4.69, 9.17) is 13.9 Å². The molecule has 0 bridgehead atoms. The number of carbonyl (C=O) groups is 3. The fraction of sp³-hybridized carbons (Fsp3) is 0.484. The summed E-state index contributed by atoms with van der Waals surface area (Å²) in [6.07, 6.45) is 1.57. The van der Waals surface area contributed by atoms with E-state index in [-0.39, 0.29) is 54.5 Å². The van der Waals surface area contributed by atoms with Crippen molar-refractivity contribution >= 4 is 61.0 Å². The van der Waals surface area contributed by atoms with Crippen molar-refractivity contribution in [2.45, 2.75) is 85.0 Å². The van der Waals surface area contributed by atoms with E-state index in [1.54, 1.807) is 10.4 Å². The van der Waals surface area contributed by atoms with Crippen LogP contribution in [0.1, 0.15) is 57.7 Å². The number of carbonyl (C=O) groups excluding carboxylic acids is 3. The molecule has 0 aliphatic carbocycles. The third-order valence-corrected chi connectivity index (χ3v) is 15.3. The van der Waals surface area contributed by atoms with Crippen LogP contribution in [-0.2, 0) is 41.5 Å². The third-order valence-electron chi connectivity index (χ3n) is 8.67. The number of amides is 1. The van der Waals surface area contributed by atoms with Crippen LogP contribution < -0.4 is 0 Å². The maximum Gasteiger partial charge on any atom is 0.356 e. The average Bonchev–Trinajstić information content (AvgIpc) is 3.57. The lowest BCUT2D eigenvalue weighted by atomic mass is 9.79. The highest BCUT2D eigenvalue weighted by atomic mass is 32.2. The minimum Gasteiger partial charge on any atom is -0.459 e. The number of thiazole rings is 1. The first-order valence-electron chi connectivity index (χ1n) is 15.0. The zero-order valence-corrected chi connectivity index (χ0v) is 28.9. The molecule has 1 aromatic heterocycles. The van der Waals surface area contributed by atoms with Crippen LogP contribution in [-0.4, -0.2) is 53.1 Å². The summed E-state index contributed by atoms with van der Waals surface area (Å²) in [7, 11) is -1.98. The molecule has 0 saturated carbocycles. The lowest BCUT2D eigenvalue weighted by molar-refractivity contribution is -0.384. The van der Waals surface area contributed by atoms with E-state index >= 15 is 0 Å². The predicted octanol–water partition coefficient (Wildman–Crippen LogP) is 6.66. The molecule has 1 amide bonds. The second-order valence-corrected chi connectivity index (χ2v) is 17.7. The van der Waals surface area contributed by atoms with Gasteiger partial charge >= 0.3 is 11.9 Å². The maximum absolute atomic E-state index is 13.7. The van der Waals surface area contributed by atoms with E-state index in [1.807, 2.05) is 25.3 Å². The van der Waals surface area contributed by atoms with Gasteiger partial charge < -0.3 is 18.8 Å². The highest BCUT2D eigenvalue weighted by molar-refractivity contribution is 8.06. The van der Waals surface area contributed by atoms with Gasteiger partial charge in [0.2, 0.25) is 5.91 Å². The number of non-ortho nitro benzene ring substituents is 1. The van der Waals surface area contributed by atoms with Gasteiger partial charge in [0.05, 0.1) is 39.1 Å². The highest BCUT2D eigenvalue weighted by Crippen LogP contribution is 2.52. The highest BCUT2D eigenvalue weighted by Gasteiger charge is 2.61. The summed E-state index contributed by atoms with van der Waals surface area (Å²) >= 11 is 2.75. The lowest BCUT2D eigenvalue weighted by Crippen LogP contribution is -2.65. The molecular weight excluding hydrogens is 635 g/mol. The number of thioether (sulfide) groups is 1. The van der Waals surface area contributed by atoms with Gasteiger partial charge in [0, 0.05) is 29.9 Å². The summed E-state index contributed by atoms with van der Waals surface area (Å²) in [5.74, 6) is -1.72. The first-order valence-corrected chi connectivity index (χ1v) is 19.3. The van der Waals surface area contributed by atoms with E-state index < -0.39 is 25.2 Å². The second kappa shape index (κ2) is 14.8. The van der Waals surface area contributed by atoms with Crippen molar-refractivity contribution in [2.75, 3.05) is 0 Å². The molecule has 0 N–H and O–H groups in total. The quantitative estimate of drug-likeness (QED) is 0.0663. The minimum absolute atomic E-state index is 0.0578. The number of aromatic nitrogens is 1. The van der Waals surface area contributed by atoms with Gasteiger partial charge in [-0.15, -0.1) is 11.3 Å². The van der Waals surface area contributed by atoms with Crippen molar-refractivity contribution < 1.29 is 33.2 Å². The number of hydrogen-bond acceptors (Lipinski definition) is 11. The number of ether oxygens (including phenoxy) is 2. The van der Waals surface area contributed by atoms with Crippen LogP contribution in [0.4, 0.5) is 5.69 Å². The standard InChI is InChI=1S/C31H39N3O8S2Si/c1-7-45(8-2,9-3)42-20(5)26-27-19(4)29(43-15-14-25-24(32-18-44-25)17-40-21(6)35)28(33(27)30(26)36)31(37)41-16-22-10-12-23(13-11-22)34(38)39/h10-15,18-20,26-27H,7-9,16-17H2,1-6H3/b15-14-/t19-,20-,26-,27-/m1/s1. The fourth-order valence-corrected chi connectivity index (χ4v) is 10.6. The smallest absolute Gasteiger partial charge is 0.356 e. The Labute approximate surface area is 272 Å². The minimum atomic E-state index is -1.98. The van der Waals surface area contributed by atoms with Crippen LogP contribution in [0.15, 0.2) is 45.8 Å². The fourth-order valence-electron chi connectivity index (χ4n) is 5.92. The van der Waals surface area contributed by atoms with Gasteiger partial charge in [0.15, 0.2) is 8.32 Å². The number of nitrogens with zero attached hydrogens (tertiary/aromatic N) is 3. The molecule has 242 valence electrons. The maximum atomic E-state index is 13.7. The Morgan fingerprint density at radius 1 is 1.16 bits per heavy atom. The van der Waals surface area contributed by atoms with E-state index in [9.17, 15) is 24.5 Å². The third kappa shape index (κ3) is 7.40. The first-order chi connectivity index (χ1) is 21.5. The largest absolute Gasteiger partial charge is 0.459 e. The molecule has 0 spiro atoms. The normalized spacial score (nSPS) is 20.3. The van der Waals surface area contributed by atoms with E-state index in [2.05, 4.69) is 25.8 Å². The summed E-state index contributed by atoms with van der Waals surface area (Å²) in [6, 6.07) is 8.45. The summed E-state index contributed by atoms with van der Waals surface area (Å²) in [5, 5.41) is 12.8. The van der Waals surface area contributed by atoms with Crippen molar-refractivity contribution in [1.82, 2.24) is 9.88 Å². The second-order valence-electron chi connectivity index (χ2n) is 11.2. The van der Waals surface area contributed by atoms with Crippen molar-refractivity contribution in [3.05, 3.63) is 72.0 Å². The van der Waals surface area contributed by atoms with Gasteiger partial charge in [0.1, 0.15) is 18.9 Å².